The lowest BCUT2D eigenvalue weighted by Gasteiger charge is -2.40. The minimum absolute atomic E-state index is 0.0949. The van der Waals surface area contributed by atoms with E-state index in [9.17, 15) is 19.5 Å². The van der Waals surface area contributed by atoms with Crippen LogP contribution in [0.1, 0.15) is 26.7 Å². The van der Waals surface area contributed by atoms with E-state index in [-0.39, 0.29) is 44.2 Å². The molecule has 2 aromatic rings. The molecule has 0 bridgehead atoms. The predicted molar refractivity (Wildman–Crippen MR) is 139 cm³/mol. The Labute approximate surface area is 226 Å². The predicted octanol–water partition coefficient (Wildman–Crippen LogP) is 1.28. The van der Waals surface area contributed by atoms with Crippen LogP contribution in [0.4, 0.5) is 0 Å². The number of hydrogen-bond acceptors (Lipinski definition) is 8. The Hall–Kier alpha value is -3.57. The van der Waals surface area contributed by atoms with Crippen molar-refractivity contribution in [3.63, 3.8) is 0 Å². The van der Waals surface area contributed by atoms with Gasteiger partial charge < -0.3 is 24.4 Å². The standard InChI is InChI=1S/C28H33N5O6/c1-3-17(2)20(15-34)33-24-26(36)31(16-32-19-10-5-4-9-18(19)29-30-32)13-8-12-28(24)23(25(33)35)22-21(39-28)11-6-7-14-38-27(22)37/h4-6,8-12,17,20-24,34H,3,7,13-16H2,1-2H3/t17-,20-,21+,22-,23-,24?,28-/m0/s1. The van der Waals surface area contributed by atoms with Crippen molar-refractivity contribution in [1.82, 2.24) is 24.8 Å². The Morgan fingerprint density at radius 3 is 2.79 bits per heavy atom. The molecule has 0 saturated carbocycles. The van der Waals surface area contributed by atoms with Crippen molar-refractivity contribution in [2.75, 3.05) is 19.8 Å². The highest BCUT2D eigenvalue weighted by molar-refractivity contribution is 5.99. The van der Waals surface area contributed by atoms with Gasteiger partial charge in [0.2, 0.25) is 5.91 Å². The maximum Gasteiger partial charge on any atom is 0.312 e. The third-order valence-corrected chi connectivity index (χ3v) is 8.71. The number of carbonyl (C=O) groups excluding carboxylic acids is 3. The highest BCUT2D eigenvalue weighted by atomic mass is 16.6. The second kappa shape index (κ2) is 9.87. The summed E-state index contributed by atoms with van der Waals surface area (Å²) in [6.07, 6.45) is 7.85. The van der Waals surface area contributed by atoms with Gasteiger partial charge in [-0.2, -0.15) is 0 Å². The quantitative estimate of drug-likeness (QED) is 0.433. The van der Waals surface area contributed by atoms with Crippen molar-refractivity contribution >= 4 is 28.8 Å². The largest absolute Gasteiger partial charge is 0.465 e. The summed E-state index contributed by atoms with van der Waals surface area (Å²) in [7, 11) is 0. The summed E-state index contributed by atoms with van der Waals surface area (Å²) in [5.41, 5.74) is 0.112. The van der Waals surface area contributed by atoms with Gasteiger partial charge in [-0.3, -0.25) is 14.4 Å². The molecule has 5 heterocycles. The van der Waals surface area contributed by atoms with E-state index in [4.69, 9.17) is 9.47 Å². The minimum Gasteiger partial charge on any atom is -0.465 e. The maximum absolute atomic E-state index is 14.5. The molecule has 1 aromatic heterocycles. The highest BCUT2D eigenvalue weighted by Gasteiger charge is 2.72. The van der Waals surface area contributed by atoms with Crippen LogP contribution in [0, 0.1) is 17.8 Å². The van der Waals surface area contributed by atoms with Gasteiger partial charge in [0, 0.05) is 6.54 Å². The van der Waals surface area contributed by atoms with Crippen molar-refractivity contribution < 1.29 is 29.0 Å². The number of likely N-dealkylation sites (tertiary alicyclic amines) is 1. The van der Waals surface area contributed by atoms with Gasteiger partial charge in [0.15, 0.2) is 0 Å². The Bertz CT molecular complexity index is 1350. The van der Waals surface area contributed by atoms with Crippen molar-refractivity contribution in [2.45, 2.75) is 57.1 Å². The molecular formula is C28H33N5O6. The molecule has 6 rings (SSSR count). The molecule has 2 amide bonds. The van der Waals surface area contributed by atoms with Gasteiger partial charge in [-0.15, -0.1) is 5.10 Å². The maximum atomic E-state index is 14.5. The molecule has 4 aliphatic heterocycles. The molecule has 2 fully saturated rings. The van der Waals surface area contributed by atoms with Gasteiger partial charge in [-0.05, 0) is 24.5 Å². The molecule has 1 N–H and O–H groups in total. The minimum atomic E-state index is -1.38. The number of amides is 2. The van der Waals surface area contributed by atoms with E-state index in [0.717, 1.165) is 5.52 Å². The average Bonchev–Trinajstić information content (AvgIpc) is 3.52. The molecule has 206 valence electrons. The molecule has 11 heteroatoms. The van der Waals surface area contributed by atoms with Crippen LogP contribution in [0.15, 0.2) is 48.6 Å². The summed E-state index contributed by atoms with van der Waals surface area (Å²) >= 11 is 0. The number of cyclic esters (lactones) is 1. The fourth-order valence-corrected chi connectivity index (χ4v) is 6.58. The van der Waals surface area contributed by atoms with Gasteiger partial charge >= 0.3 is 5.97 Å². The molecule has 2 saturated heterocycles. The number of aromatic nitrogens is 3. The molecular weight excluding hydrogens is 502 g/mol. The van der Waals surface area contributed by atoms with E-state index in [1.807, 2.05) is 56.3 Å². The van der Waals surface area contributed by atoms with Crippen LogP contribution in [0.25, 0.3) is 11.0 Å². The zero-order valence-corrected chi connectivity index (χ0v) is 22.1. The van der Waals surface area contributed by atoms with E-state index in [2.05, 4.69) is 10.3 Å². The van der Waals surface area contributed by atoms with E-state index in [0.29, 0.717) is 18.4 Å². The van der Waals surface area contributed by atoms with Crippen molar-refractivity contribution in [3.05, 3.63) is 48.6 Å². The van der Waals surface area contributed by atoms with Crippen LogP contribution in [0.3, 0.4) is 0 Å². The van der Waals surface area contributed by atoms with Gasteiger partial charge in [0.1, 0.15) is 29.7 Å². The highest BCUT2D eigenvalue weighted by Crippen LogP contribution is 2.54. The lowest BCUT2D eigenvalue weighted by Crippen LogP contribution is -2.59. The summed E-state index contributed by atoms with van der Waals surface area (Å²) < 4.78 is 13.7. The van der Waals surface area contributed by atoms with Crippen LogP contribution >= 0.6 is 0 Å². The molecule has 1 spiro atoms. The molecule has 7 atom stereocenters. The number of hydrogen-bond donors (Lipinski definition) is 1. The zero-order valence-electron chi connectivity index (χ0n) is 22.1. The first kappa shape index (κ1) is 25.7. The van der Waals surface area contributed by atoms with Gasteiger partial charge in [0.25, 0.3) is 5.91 Å². The third kappa shape index (κ3) is 3.89. The summed E-state index contributed by atoms with van der Waals surface area (Å²) in [4.78, 5) is 45.1. The van der Waals surface area contributed by atoms with Gasteiger partial charge in [0.05, 0.1) is 36.8 Å². The van der Waals surface area contributed by atoms with Gasteiger partial charge in [-0.1, -0.05) is 61.9 Å². The first-order chi connectivity index (χ1) is 18.9. The van der Waals surface area contributed by atoms with E-state index >= 15 is 0 Å². The van der Waals surface area contributed by atoms with Crippen LogP contribution in [-0.4, -0.2) is 91.2 Å². The van der Waals surface area contributed by atoms with Crippen LogP contribution in [-0.2, 0) is 30.5 Å². The smallest absolute Gasteiger partial charge is 0.312 e. The molecule has 0 aliphatic carbocycles. The fourth-order valence-electron chi connectivity index (χ4n) is 6.58. The van der Waals surface area contributed by atoms with Crippen LogP contribution in [0.5, 0.6) is 0 Å². The van der Waals surface area contributed by atoms with E-state index in [1.54, 1.807) is 15.7 Å². The number of esters is 1. The number of benzene rings is 1. The van der Waals surface area contributed by atoms with Crippen molar-refractivity contribution in [1.29, 1.82) is 0 Å². The molecule has 1 aromatic carbocycles. The lowest BCUT2D eigenvalue weighted by molar-refractivity contribution is -0.157. The number of rotatable bonds is 6. The molecule has 39 heavy (non-hydrogen) atoms. The number of ether oxygens (including phenoxy) is 2. The number of carbonyl (C=O) groups is 3. The summed E-state index contributed by atoms with van der Waals surface area (Å²) in [6, 6.07) is 5.80. The first-order valence-electron chi connectivity index (χ1n) is 13.6. The lowest BCUT2D eigenvalue weighted by atomic mass is 9.77. The van der Waals surface area contributed by atoms with E-state index < -0.39 is 41.6 Å². The second-order valence-electron chi connectivity index (χ2n) is 10.8. The number of para-hydroxylation sites is 1. The number of aliphatic hydroxyl groups is 1. The molecule has 0 radical (unpaired) electrons. The van der Waals surface area contributed by atoms with Crippen LogP contribution in [0.2, 0.25) is 0 Å². The third-order valence-electron chi connectivity index (χ3n) is 8.71. The second-order valence-corrected chi connectivity index (χ2v) is 10.8. The number of aliphatic hydroxyl groups excluding tert-OH is 1. The van der Waals surface area contributed by atoms with Crippen molar-refractivity contribution in [3.8, 4) is 0 Å². The Balaban J connectivity index is 1.44. The average molecular weight is 536 g/mol. The molecule has 1 unspecified atom stereocenters. The Kier molecular flexibility index (Phi) is 6.50. The zero-order chi connectivity index (χ0) is 27.3. The summed E-state index contributed by atoms with van der Waals surface area (Å²) in [6.45, 7) is 4.20. The first-order valence-corrected chi connectivity index (χ1v) is 13.6. The normalized spacial score (nSPS) is 31.8. The summed E-state index contributed by atoms with van der Waals surface area (Å²) in [5.74, 6) is -3.13. The SMILES string of the molecule is CC[C@H](C)[C@H](CO)N1C(=O)[C@@H]2[C@H]3C(=O)OCCC=C[C@H]3O[C@@]23C=CCN(Cn2nnc4ccccc42)C(=O)C13. The van der Waals surface area contributed by atoms with Crippen molar-refractivity contribution in [2.24, 2.45) is 17.8 Å². The Morgan fingerprint density at radius 2 is 2.00 bits per heavy atom. The van der Waals surface area contributed by atoms with Crippen LogP contribution < -0.4 is 0 Å². The monoisotopic (exact) mass is 535 g/mol. The van der Waals surface area contributed by atoms with Gasteiger partial charge in [-0.25, -0.2) is 4.68 Å². The summed E-state index contributed by atoms with van der Waals surface area (Å²) in [5, 5.41) is 18.9. The Morgan fingerprint density at radius 1 is 1.18 bits per heavy atom. The molecule has 11 nitrogen and oxygen atoms in total. The fraction of sp³-hybridized carbons (Fsp3) is 0.536. The van der Waals surface area contributed by atoms with E-state index in [1.165, 1.54) is 4.90 Å². The molecule has 4 aliphatic rings. The number of nitrogens with zero attached hydrogens (tertiary/aromatic N) is 5. The topological polar surface area (TPSA) is 127 Å². The number of fused-ring (bicyclic) bond motifs is 3.